The fourth-order valence-electron chi connectivity index (χ4n) is 3.04. The van der Waals surface area contributed by atoms with Crippen LogP contribution in [0.3, 0.4) is 0 Å². The molecule has 0 spiro atoms. The van der Waals surface area contributed by atoms with Crippen molar-refractivity contribution in [1.29, 1.82) is 0 Å². The van der Waals surface area contributed by atoms with Gasteiger partial charge in [0.15, 0.2) is 6.61 Å². The molecule has 2 aromatic rings. The van der Waals surface area contributed by atoms with Crippen LogP contribution in [0.4, 0.5) is 13.2 Å². The van der Waals surface area contributed by atoms with Gasteiger partial charge in [-0.3, -0.25) is 14.4 Å². The van der Waals surface area contributed by atoms with Crippen LogP contribution in [0.15, 0.2) is 59.5 Å². The lowest BCUT2D eigenvalue weighted by atomic mass is 10.2. The molecule has 0 unspecified atom stereocenters. The zero-order chi connectivity index (χ0) is 23.5. The minimum Gasteiger partial charge on any atom is -0.454 e. The van der Waals surface area contributed by atoms with Crippen LogP contribution in [0.2, 0.25) is 0 Å². The molecule has 0 radical (unpaired) electrons. The first-order valence-electron chi connectivity index (χ1n) is 9.19. The number of hydrogen-bond acceptors (Lipinski definition) is 6. The Kier molecular flexibility index (Phi) is 6.53. The van der Waals surface area contributed by atoms with Gasteiger partial charge in [-0.05, 0) is 17.7 Å². The van der Waals surface area contributed by atoms with Crippen LogP contribution >= 0.6 is 0 Å². The Hall–Kier alpha value is -3.41. The maximum Gasteiger partial charge on any atom is 0.406 e. The van der Waals surface area contributed by atoms with Crippen molar-refractivity contribution in [2.45, 2.75) is 17.6 Å². The summed E-state index contributed by atoms with van der Waals surface area (Å²) in [7, 11) is -4.27. The van der Waals surface area contributed by atoms with E-state index in [0.717, 1.165) is 0 Å². The summed E-state index contributed by atoms with van der Waals surface area (Å²) >= 11 is 0. The third-order valence-electron chi connectivity index (χ3n) is 4.48. The zero-order valence-corrected chi connectivity index (χ0v) is 17.2. The smallest absolute Gasteiger partial charge is 0.406 e. The van der Waals surface area contributed by atoms with Gasteiger partial charge >= 0.3 is 12.1 Å². The van der Waals surface area contributed by atoms with Gasteiger partial charge in [-0.15, -0.1) is 0 Å². The molecule has 1 heterocycles. The van der Waals surface area contributed by atoms with E-state index in [4.69, 9.17) is 0 Å². The van der Waals surface area contributed by atoms with Gasteiger partial charge in [-0.2, -0.15) is 13.2 Å². The summed E-state index contributed by atoms with van der Waals surface area (Å²) < 4.78 is 68.5. The lowest BCUT2D eigenvalue weighted by Gasteiger charge is -2.24. The minimum absolute atomic E-state index is 0.115. The molecule has 3 rings (SSSR count). The number of amides is 2. The predicted molar refractivity (Wildman–Crippen MR) is 104 cm³/mol. The van der Waals surface area contributed by atoms with E-state index in [1.165, 1.54) is 36.4 Å². The standard InChI is InChI=1S/C20H17F3N2O6S/c21-20(22,23)13-24(10-14-6-2-1-3-7-14)17(26)12-31-18(27)11-25-19(28)15-8-4-5-9-16(15)32(25,29)30/h1-9H,10-13H2. The Morgan fingerprint density at radius 2 is 1.62 bits per heavy atom. The van der Waals surface area contributed by atoms with Crippen molar-refractivity contribution in [2.75, 3.05) is 19.7 Å². The number of fused-ring (bicyclic) bond motifs is 1. The van der Waals surface area contributed by atoms with Crippen molar-refractivity contribution in [1.82, 2.24) is 9.21 Å². The van der Waals surface area contributed by atoms with E-state index in [1.54, 1.807) is 18.2 Å². The second kappa shape index (κ2) is 8.99. The molecular formula is C20H17F3N2O6S. The highest BCUT2D eigenvalue weighted by Crippen LogP contribution is 2.29. The summed E-state index contributed by atoms with van der Waals surface area (Å²) in [5, 5.41) is 0. The lowest BCUT2D eigenvalue weighted by molar-refractivity contribution is -0.167. The molecular weight excluding hydrogens is 453 g/mol. The fourth-order valence-corrected chi connectivity index (χ4v) is 4.55. The molecule has 0 aliphatic carbocycles. The molecule has 0 N–H and O–H groups in total. The number of carbonyl (C=O) groups is 3. The molecule has 2 amide bonds. The Morgan fingerprint density at radius 1 is 1.00 bits per heavy atom. The number of alkyl halides is 3. The number of hydrogen-bond donors (Lipinski definition) is 0. The molecule has 0 atom stereocenters. The maximum atomic E-state index is 12.9. The SMILES string of the molecule is O=C(CN1C(=O)c2ccccc2S1(=O)=O)OCC(=O)N(Cc1ccccc1)CC(F)(F)F. The van der Waals surface area contributed by atoms with Gasteiger partial charge in [0.1, 0.15) is 18.0 Å². The number of sulfonamides is 1. The van der Waals surface area contributed by atoms with Gasteiger partial charge in [-0.25, -0.2) is 12.7 Å². The Labute approximate surface area is 181 Å². The normalized spacial score (nSPS) is 14.7. The average Bonchev–Trinajstić information content (AvgIpc) is 2.92. The molecule has 1 aliphatic rings. The quantitative estimate of drug-likeness (QED) is 0.574. The van der Waals surface area contributed by atoms with Crippen LogP contribution in [0, 0.1) is 0 Å². The number of nitrogens with zero attached hydrogens (tertiary/aromatic N) is 2. The summed E-state index contributed by atoms with van der Waals surface area (Å²) in [5.41, 5.74) is 0.318. The number of halogens is 3. The van der Waals surface area contributed by atoms with E-state index in [9.17, 15) is 36.0 Å². The fraction of sp³-hybridized carbons (Fsp3) is 0.250. The van der Waals surface area contributed by atoms with E-state index in [1.807, 2.05) is 0 Å². The first-order valence-corrected chi connectivity index (χ1v) is 10.6. The van der Waals surface area contributed by atoms with E-state index in [-0.39, 0.29) is 17.0 Å². The second-order valence-corrected chi connectivity index (χ2v) is 8.65. The molecule has 1 aliphatic heterocycles. The average molecular weight is 470 g/mol. The van der Waals surface area contributed by atoms with Crippen molar-refractivity contribution in [3.63, 3.8) is 0 Å². The first kappa shape index (κ1) is 23.3. The number of benzene rings is 2. The molecule has 8 nitrogen and oxygen atoms in total. The summed E-state index contributed by atoms with van der Waals surface area (Å²) in [6, 6.07) is 13.3. The highest BCUT2D eigenvalue weighted by Gasteiger charge is 2.42. The summed E-state index contributed by atoms with van der Waals surface area (Å²) in [6.45, 7) is -3.99. The van der Waals surface area contributed by atoms with Crippen molar-refractivity contribution in [3.8, 4) is 0 Å². The van der Waals surface area contributed by atoms with Crippen LogP contribution in [0.1, 0.15) is 15.9 Å². The van der Waals surface area contributed by atoms with Gasteiger partial charge in [0.05, 0.1) is 5.56 Å². The molecule has 0 fully saturated rings. The summed E-state index contributed by atoms with van der Waals surface area (Å²) in [5.74, 6) is -3.32. The monoisotopic (exact) mass is 470 g/mol. The third kappa shape index (κ3) is 5.25. The number of carbonyl (C=O) groups excluding carboxylic acids is 3. The van der Waals surface area contributed by atoms with Gasteiger partial charge in [0.25, 0.3) is 21.8 Å². The van der Waals surface area contributed by atoms with Crippen LogP contribution in [-0.4, -0.2) is 61.3 Å². The minimum atomic E-state index is -4.68. The summed E-state index contributed by atoms with van der Waals surface area (Å²) in [4.78, 5) is 36.9. The van der Waals surface area contributed by atoms with Crippen LogP contribution in [0.5, 0.6) is 0 Å². The summed E-state index contributed by atoms with van der Waals surface area (Å²) in [6.07, 6.45) is -4.68. The first-order chi connectivity index (χ1) is 15.0. The molecule has 2 aromatic carbocycles. The van der Waals surface area contributed by atoms with E-state index >= 15 is 0 Å². The largest absolute Gasteiger partial charge is 0.454 e. The topological polar surface area (TPSA) is 101 Å². The third-order valence-corrected chi connectivity index (χ3v) is 6.27. The lowest BCUT2D eigenvalue weighted by Crippen LogP contribution is -2.41. The highest BCUT2D eigenvalue weighted by molar-refractivity contribution is 7.90. The van der Waals surface area contributed by atoms with Crippen molar-refractivity contribution >= 4 is 27.8 Å². The van der Waals surface area contributed by atoms with Gasteiger partial charge in [0.2, 0.25) is 0 Å². The van der Waals surface area contributed by atoms with Gasteiger partial charge < -0.3 is 9.64 Å². The van der Waals surface area contributed by atoms with E-state index in [0.29, 0.717) is 14.8 Å². The number of esters is 1. The number of ether oxygens (including phenoxy) is 1. The van der Waals surface area contributed by atoms with Gasteiger partial charge in [-0.1, -0.05) is 42.5 Å². The predicted octanol–water partition coefficient (Wildman–Crippen LogP) is 1.97. The Morgan fingerprint density at radius 3 is 2.25 bits per heavy atom. The van der Waals surface area contributed by atoms with Crippen LogP contribution in [-0.2, 0) is 30.9 Å². The van der Waals surface area contributed by atoms with Crippen molar-refractivity contribution in [2.24, 2.45) is 0 Å². The molecule has 170 valence electrons. The highest BCUT2D eigenvalue weighted by atomic mass is 32.2. The molecule has 0 saturated carbocycles. The molecule has 0 aromatic heterocycles. The van der Waals surface area contributed by atoms with E-state index < -0.39 is 53.7 Å². The molecule has 0 saturated heterocycles. The molecule has 12 heteroatoms. The van der Waals surface area contributed by atoms with Gasteiger partial charge in [0, 0.05) is 6.54 Å². The van der Waals surface area contributed by atoms with Crippen molar-refractivity contribution in [3.05, 3.63) is 65.7 Å². The molecule has 0 bridgehead atoms. The van der Waals surface area contributed by atoms with Crippen LogP contribution in [0.25, 0.3) is 0 Å². The maximum absolute atomic E-state index is 12.9. The number of rotatable bonds is 7. The van der Waals surface area contributed by atoms with Crippen molar-refractivity contribution < 1.29 is 40.7 Å². The zero-order valence-electron chi connectivity index (χ0n) is 16.4. The van der Waals surface area contributed by atoms with Crippen LogP contribution < -0.4 is 0 Å². The van der Waals surface area contributed by atoms with E-state index in [2.05, 4.69) is 4.74 Å². The second-order valence-electron chi connectivity index (χ2n) is 6.82. The Bertz CT molecular complexity index is 1140. The Balaban J connectivity index is 1.64. The molecule has 32 heavy (non-hydrogen) atoms.